The predicted molar refractivity (Wildman–Crippen MR) is 53.3 cm³/mol. The smallest absolute Gasteiger partial charge is 0.292 e. The predicted octanol–water partition coefficient (Wildman–Crippen LogP) is 0.664. The number of carbonyl (C=O) groups excluding carboxylic acids is 1. The number of hydrogen-bond acceptors (Lipinski definition) is 5. The molecule has 0 aromatic carbocycles. The summed E-state index contributed by atoms with van der Waals surface area (Å²) in [6, 6.07) is 2.34. The summed E-state index contributed by atoms with van der Waals surface area (Å²) in [6.07, 6.45) is 2.41. The summed E-state index contributed by atoms with van der Waals surface area (Å²) in [5.74, 6) is -0.121. The molecule has 16 heavy (non-hydrogen) atoms. The van der Waals surface area contributed by atoms with E-state index >= 15 is 0 Å². The van der Waals surface area contributed by atoms with Gasteiger partial charge >= 0.3 is 0 Å². The van der Waals surface area contributed by atoms with E-state index in [-0.39, 0.29) is 23.7 Å². The van der Waals surface area contributed by atoms with E-state index in [1.807, 2.05) is 0 Å². The fourth-order valence-corrected chi connectivity index (χ4v) is 1.22. The number of amides is 1. The van der Waals surface area contributed by atoms with E-state index in [1.165, 1.54) is 0 Å². The van der Waals surface area contributed by atoms with Gasteiger partial charge in [0, 0.05) is 12.5 Å². The summed E-state index contributed by atoms with van der Waals surface area (Å²) in [6.45, 7) is 1.76. The van der Waals surface area contributed by atoms with Gasteiger partial charge in [-0.3, -0.25) is 4.79 Å². The molecule has 1 aliphatic rings. The van der Waals surface area contributed by atoms with Crippen molar-refractivity contribution in [3.63, 3.8) is 0 Å². The zero-order chi connectivity index (χ0) is 11.5. The zero-order valence-electron chi connectivity index (χ0n) is 8.93. The molecule has 0 saturated heterocycles. The van der Waals surface area contributed by atoms with Gasteiger partial charge in [-0.05, 0) is 19.8 Å². The lowest BCUT2D eigenvalue weighted by Crippen LogP contribution is -2.26. The molecule has 2 rings (SSSR count). The Bertz CT molecular complexity index is 430. The number of nitriles is 1. The molecular formula is C10H12N4O2. The van der Waals surface area contributed by atoms with Crippen molar-refractivity contribution in [2.75, 3.05) is 0 Å². The molecule has 1 aliphatic carbocycles. The van der Waals surface area contributed by atoms with Crippen molar-refractivity contribution in [2.24, 2.45) is 5.92 Å². The van der Waals surface area contributed by atoms with Gasteiger partial charge in [-0.1, -0.05) is 5.16 Å². The number of nitrogens with zero attached hydrogens (tertiary/aromatic N) is 3. The van der Waals surface area contributed by atoms with E-state index in [2.05, 4.69) is 21.5 Å². The summed E-state index contributed by atoms with van der Waals surface area (Å²) < 4.78 is 4.89. The molecule has 0 spiro atoms. The van der Waals surface area contributed by atoms with Crippen molar-refractivity contribution < 1.29 is 9.32 Å². The molecule has 6 nitrogen and oxygen atoms in total. The zero-order valence-corrected chi connectivity index (χ0v) is 8.93. The van der Waals surface area contributed by atoms with Crippen LogP contribution in [0.15, 0.2) is 4.52 Å². The fraction of sp³-hybridized carbons (Fsp3) is 0.600. The monoisotopic (exact) mass is 220 g/mol. The number of aromatic nitrogens is 2. The second-order valence-electron chi connectivity index (χ2n) is 3.99. The van der Waals surface area contributed by atoms with Crippen LogP contribution in [0.5, 0.6) is 0 Å². The first-order chi connectivity index (χ1) is 7.69. The van der Waals surface area contributed by atoms with E-state index in [4.69, 9.17) is 9.78 Å². The van der Waals surface area contributed by atoms with Crippen molar-refractivity contribution in [3.8, 4) is 6.07 Å². The minimum absolute atomic E-state index is 0.0482. The van der Waals surface area contributed by atoms with Crippen molar-refractivity contribution in [1.29, 1.82) is 5.26 Å². The van der Waals surface area contributed by atoms with Gasteiger partial charge < -0.3 is 9.84 Å². The Balaban J connectivity index is 1.95. The Morgan fingerprint density at radius 2 is 2.50 bits per heavy atom. The standard InChI is InChI=1S/C10H12N4O2/c1-6(5-11)4-8-13-9(14-16-8)10(15)12-7-2-3-7/h6-7H,2-4H2,1H3,(H,12,15). The van der Waals surface area contributed by atoms with Gasteiger partial charge in [-0.15, -0.1) is 0 Å². The third-order valence-corrected chi connectivity index (χ3v) is 2.28. The molecule has 1 aromatic heterocycles. The molecule has 1 saturated carbocycles. The first-order valence-electron chi connectivity index (χ1n) is 5.22. The largest absolute Gasteiger partial charge is 0.346 e. The molecular weight excluding hydrogens is 208 g/mol. The lowest BCUT2D eigenvalue weighted by atomic mass is 10.1. The SMILES string of the molecule is CC(C#N)Cc1nc(C(=O)NC2CC2)no1. The van der Waals surface area contributed by atoms with Gasteiger partial charge in [0.2, 0.25) is 5.89 Å². The normalized spacial score (nSPS) is 16.5. The first-order valence-corrected chi connectivity index (χ1v) is 5.22. The average Bonchev–Trinajstić information content (AvgIpc) is 2.95. The van der Waals surface area contributed by atoms with Crippen LogP contribution in [-0.4, -0.2) is 22.1 Å². The number of rotatable bonds is 4. The molecule has 0 radical (unpaired) electrons. The molecule has 1 N–H and O–H groups in total. The van der Waals surface area contributed by atoms with Crippen LogP contribution in [0.2, 0.25) is 0 Å². The Morgan fingerprint density at radius 1 is 1.75 bits per heavy atom. The number of hydrogen-bond donors (Lipinski definition) is 1. The van der Waals surface area contributed by atoms with Gasteiger partial charge in [0.1, 0.15) is 0 Å². The Hall–Kier alpha value is -1.90. The summed E-state index contributed by atoms with van der Waals surface area (Å²) >= 11 is 0. The van der Waals surface area contributed by atoms with Crippen LogP contribution < -0.4 is 5.32 Å². The van der Waals surface area contributed by atoms with Crippen LogP contribution in [0.4, 0.5) is 0 Å². The molecule has 1 aromatic rings. The van der Waals surface area contributed by atoms with Gasteiger partial charge in [0.05, 0.1) is 12.0 Å². The van der Waals surface area contributed by atoms with E-state index in [9.17, 15) is 4.79 Å². The van der Waals surface area contributed by atoms with E-state index in [0.29, 0.717) is 12.3 Å². The number of nitrogens with one attached hydrogen (secondary N) is 1. The summed E-state index contributed by atoms with van der Waals surface area (Å²) in [5.41, 5.74) is 0. The summed E-state index contributed by atoms with van der Waals surface area (Å²) in [5, 5.41) is 15.0. The lowest BCUT2D eigenvalue weighted by Gasteiger charge is -1.96. The molecule has 1 atom stereocenters. The van der Waals surface area contributed by atoms with Crippen LogP contribution >= 0.6 is 0 Å². The van der Waals surface area contributed by atoms with E-state index < -0.39 is 0 Å². The maximum atomic E-state index is 11.5. The van der Waals surface area contributed by atoms with Crippen molar-refractivity contribution in [2.45, 2.75) is 32.2 Å². The molecule has 84 valence electrons. The third-order valence-electron chi connectivity index (χ3n) is 2.28. The second kappa shape index (κ2) is 4.31. The molecule has 0 aliphatic heterocycles. The maximum absolute atomic E-state index is 11.5. The van der Waals surface area contributed by atoms with Crippen LogP contribution in [0.1, 0.15) is 36.3 Å². The van der Waals surface area contributed by atoms with Gasteiger partial charge in [0.15, 0.2) is 0 Å². The Labute approximate surface area is 92.6 Å². The number of carbonyl (C=O) groups is 1. The summed E-state index contributed by atoms with van der Waals surface area (Å²) in [4.78, 5) is 15.4. The van der Waals surface area contributed by atoms with E-state index in [1.54, 1.807) is 6.92 Å². The second-order valence-corrected chi connectivity index (χ2v) is 3.99. The van der Waals surface area contributed by atoms with Crippen LogP contribution in [0.3, 0.4) is 0 Å². The lowest BCUT2D eigenvalue weighted by molar-refractivity contribution is 0.0937. The average molecular weight is 220 g/mol. The highest BCUT2D eigenvalue weighted by atomic mass is 16.5. The van der Waals surface area contributed by atoms with Crippen LogP contribution in [-0.2, 0) is 6.42 Å². The molecule has 6 heteroatoms. The third kappa shape index (κ3) is 2.57. The molecule has 1 fully saturated rings. The summed E-state index contributed by atoms with van der Waals surface area (Å²) in [7, 11) is 0. The Morgan fingerprint density at radius 3 is 3.12 bits per heavy atom. The minimum atomic E-state index is -0.304. The van der Waals surface area contributed by atoms with Crippen molar-refractivity contribution >= 4 is 5.91 Å². The quantitative estimate of drug-likeness (QED) is 0.804. The van der Waals surface area contributed by atoms with E-state index in [0.717, 1.165) is 12.8 Å². The van der Waals surface area contributed by atoms with Crippen molar-refractivity contribution in [3.05, 3.63) is 11.7 Å². The highest BCUT2D eigenvalue weighted by molar-refractivity contribution is 5.90. The Kier molecular flexibility index (Phi) is 2.86. The van der Waals surface area contributed by atoms with Crippen LogP contribution in [0.25, 0.3) is 0 Å². The van der Waals surface area contributed by atoms with Crippen LogP contribution in [0, 0.1) is 17.2 Å². The minimum Gasteiger partial charge on any atom is -0.346 e. The van der Waals surface area contributed by atoms with Crippen molar-refractivity contribution in [1.82, 2.24) is 15.5 Å². The van der Waals surface area contributed by atoms with Gasteiger partial charge in [0.25, 0.3) is 11.7 Å². The fourth-order valence-electron chi connectivity index (χ4n) is 1.22. The highest BCUT2D eigenvalue weighted by Gasteiger charge is 2.26. The molecule has 0 bridgehead atoms. The topological polar surface area (TPSA) is 91.8 Å². The highest BCUT2D eigenvalue weighted by Crippen LogP contribution is 2.19. The molecule has 1 unspecified atom stereocenters. The molecule has 1 amide bonds. The molecule has 1 heterocycles. The maximum Gasteiger partial charge on any atom is 0.292 e. The van der Waals surface area contributed by atoms with Gasteiger partial charge in [-0.2, -0.15) is 10.2 Å². The van der Waals surface area contributed by atoms with Gasteiger partial charge in [-0.25, -0.2) is 0 Å². The first kappa shape index (κ1) is 10.6.